The third-order valence-electron chi connectivity index (χ3n) is 6.38. The first kappa shape index (κ1) is 18.9. The molecule has 0 unspecified atom stereocenters. The zero-order valence-electron chi connectivity index (χ0n) is 17.5. The fourth-order valence-electron chi connectivity index (χ4n) is 4.95. The molecule has 0 aliphatic heterocycles. The van der Waals surface area contributed by atoms with E-state index in [-0.39, 0.29) is 0 Å². The van der Waals surface area contributed by atoms with E-state index in [1.165, 1.54) is 25.8 Å². The summed E-state index contributed by atoms with van der Waals surface area (Å²) in [7, 11) is 0. The van der Waals surface area contributed by atoms with Crippen LogP contribution in [0.2, 0.25) is 0 Å². The zero-order chi connectivity index (χ0) is 21.9. The van der Waals surface area contributed by atoms with Crippen LogP contribution in [0, 0.1) is 3.57 Å². The monoisotopic (exact) mass is 536 g/mol. The second-order valence-corrected chi connectivity index (χ2v) is 9.30. The minimum atomic E-state index is 0.915. The van der Waals surface area contributed by atoms with Crippen LogP contribution in [-0.4, -0.2) is 0 Å². The third kappa shape index (κ3) is 2.79. The molecule has 0 amide bonds. The van der Waals surface area contributed by atoms with Crippen molar-refractivity contribution in [2.24, 2.45) is 0 Å². The Morgan fingerprint density at radius 3 is 1.30 bits per heavy atom. The van der Waals surface area contributed by atoms with Crippen molar-refractivity contribution in [2.75, 3.05) is 0 Å². The highest BCUT2D eigenvalue weighted by atomic mass is 127. The minimum Gasteiger partial charge on any atom is -0.456 e. The highest BCUT2D eigenvalue weighted by molar-refractivity contribution is 14.1. The second-order valence-electron chi connectivity index (χ2n) is 8.22. The van der Waals surface area contributed by atoms with Gasteiger partial charge in [-0.25, -0.2) is 0 Å². The van der Waals surface area contributed by atoms with Gasteiger partial charge in [0, 0.05) is 25.1 Å². The molecule has 0 aliphatic rings. The molecular formula is C30H17IO2. The van der Waals surface area contributed by atoms with E-state index >= 15 is 0 Å². The maximum atomic E-state index is 6.15. The molecule has 3 heteroatoms. The number of rotatable bonds is 2. The summed E-state index contributed by atoms with van der Waals surface area (Å²) in [5.41, 5.74) is 8.45. The Morgan fingerprint density at radius 2 is 0.788 bits per heavy atom. The van der Waals surface area contributed by atoms with Gasteiger partial charge in [-0.3, -0.25) is 0 Å². The average molecular weight is 536 g/mol. The van der Waals surface area contributed by atoms with Gasteiger partial charge in [0.15, 0.2) is 0 Å². The van der Waals surface area contributed by atoms with Gasteiger partial charge in [-0.1, -0.05) is 78.9 Å². The predicted molar refractivity (Wildman–Crippen MR) is 145 cm³/mol. The molecule has 33 heavy (non-hydrogen) atoms. The molecule has 7 rings (SSSR count). The molecule has 5 aromatic carbocycles. The molecular weight excluding hydrogens is 519 g/mol. The Bertz CT molecular complexity index is 1710. The van der Waals surface area contributed by atoms with Crippen molar-refractivity contribution in [3.05, 3.63) is 107 Å². The maximum Gasteiger partial charge on any atom is 0.136 e. The number of para-hydroxylation sites is 2. The number of fused-ring (bicyclic) bond motifs is 6. The van der Waals surface area contributed by atoms with E-state index < -0.39 is 0 Å². The van der Waals surface area contributed by atoms with Crippen molar-refractivity contribution >= 4 is 66.5 Å². The zero-order valence-corrected chi connectivity index (χ0v) is 19.7. The van der Waals surface area contributed by atoms with Gasteiger partial charge in [0.1, 0.15) is 22.3 Å². The van der Waals surface area contributed by atoms with E-state index in [0.717, 1.165) is 43.9 Å². The van der Waals surface area contributed by atoms with Crippen molar-refractivity contribution in [1.29, 1.82) is 0 Å². The van der Waals surface area contributed by atoms with Crippen LogP contribution < -0.4 is 0 Å². The Morgan fingerprint density at radius 1 is 0.394 bits per heavy atom. The molecule has 0 radical (unpaired) electrons. The Labute approximate surface area is 203 Å². The average Bonchev–Trinajstić information content (AvgIpc) is 3.42. The van der Waals surface area contributed by atoms with E-state index in [4.69, 9.17) is 8.83 Å². The molecule has 7 aromatic rings. The lowest BCUT2D eigenvalue weighted by atomic mass is 9.94. The number of furan rings is 2. The van der Waals surface area contributed by atoms with Crippen molar-refractivity contribution < 1.29 is 8.83 Å². The summed E-state index contributed by atoms with van der Waals surface area (Å²) in [4.78, 5) is 0. The van der Waals surface area contributed by atoms with Crippen molar-refractivity contribution in [3.63, 3.8) is 0 Å². The lowest BCUT2D eigenvalue weighted by Gasteiger charge is -2.12. The predicted octanol–water partition coefficient (Wildman–Crippen LogP) is 9.42. The van der Waals surface area contributed by atoms with Gasteiger partial charge < -0.3 is 8.83 Å². The highest BCUT2D eigenvalue weighted by Crippen LogP contribution is 2.43. The second kappa shape index (κ2) is 7.22. The first-order valence-electron chi connectivity index (χ1n) is 10.9. The topological polar surface area (TPSA) is 26.3 Å². The smallest absolute Gasteiger partial charge is 0.136 e. The molecule has 0 fully saturated rings. The Hall–Kier alpha value is -3.57. The van der Waals surface area contributed by atoms with E-state index in [2.05, 4.69) is 89.3 Å². The molecule has 2 nitrogen and oxygen atoms in total. The van der Waals surface area contributed by atoms with Crippen molar-refractivity contribution in [3.8, 4) is 22.3 Å². The number of halogens is 1. The molecule has 0 spiro atoms. The fraction of sp³-hybridized carbons (Fsp3) is 0. The van der Waals surface area contributed by atoms with Gasteiger partial charge in [0.25, 0.3) is 0 Å². The van der Waals surface area contributed by atoms with Crippen LogP contribution in [0.25, 0.3) is 66.1 Å². The number of hydrogen-bond acceptors (Lipinski definition) is 2. The summed E-state index contributed by atoms with van der Waals surface area (Å²) in [5.74, 6) is 0. The van der Waals surface area contributed by atoms with Crippen LogP contribution in [0.5, 0.6) is 0 Å². The molecule has 0 saturated carbocycles. The first-order valence-corrected chi connectivity index (χ1v) is 12.0. The molecule has 0 bridgehead atoms. The summed E-state index contributed by atoms with van der Waals surface area (Å²) in [5, 5.41) is 4.62. The first-order chi connectivity index (χ1) is 16.3. The molecule has 2 aromatic heterocycles. The highest BCUT2D eigenvalue weighted by Gasteiger charge is 2.18. The van der Waals surface area contributed by atoms with Crippen molar-refractivity contribution in [1.82, 2.24) is 0 Å². The van der Waals surface area contributed by atoms with Gasteiger partial charge >= 0.3 is 0 Å². The summed E-state index contributed by atoms with van der Waals surface area (Å²) in [6, 6.07) is 35.7. The van der Waals surface area contributed by atoms with Crippen LogP contribution in [0.15, 0.2) is 112 Å². The summed E-state index contributed by atoms with van der Waals surface area (Å²) >= 11 is 2.50. The standard InChI is InChI=1S/C30H17IO2/c31-30-20(18-10-6-16-26-28(18)22-8-1-3-14-24(22)32-26)12-5-13-21(30)19-11-7-17-27-29(19)23-9-2-4-15-25(23)33-27/h1-17H. The Kier molecular flexibility index (Phi) is 4.15. The van der Waals surface area contributed by atoms with Crippen LogP contribution in [0.1, 0.15) is 0 Å². The van der Waals surface area contributed by atoms with Crippen LogP contribution >= 0.6 is 22.6 Å². The van der Waals surface area contributed by atoms with E-state index in [9.17, 15) is 0 Å². The summed E-state index contributed by atoms with van der Waals surface area (Å²) in [6.07, 6.45) is 0. The third-order valence-corrected chi connectivity index (χ3v) is 7.55. The molecule has 0 atom stereocenters. The van der Waals surface area contributed by atoms with Gasteiger partial charge in [0.05, 0.1) is 0 Å². The molecule has 2 heterocycles. The summed E-state index contributed by atoms with van der Waals surface area (Å²) in [6.45, 7) is 0. The van der Waals surface area contributed by atoms with Gasteiger partial charge in [-0.15, -0.1) is 0 Å². The van der Waals surface area contributed by atoms with Gasteiger partial charge in [0.2, 0.25) is 0 Å². The van der Waals surface area contributed by atoms with E-state index in [1.807, 2.05) is 36.4 Å². The Balaban J connectivity index is 1.53. The molecule has 156 valence electrons. The van der Waals surface area contributed by atoms with Crippen molar-refractivity contribution in [2.45, 2.75) is 0 Å². The molecule has 0 saturated heterocycles. The van der Waals surface area contributed by atoms with Gasteiger partial charge in [-0.05, 0) is 69.1 Å². The number of benzene rings is 5. The number of hydrogen-bond donors (Lipinski definition) is 0. The largest absolute Gasteiger partial charge is 0.456 e. The fourth-order valence-corrected chi connectivity index (χ4v) is 5.89. The maximum absolute atomic E-state index is 6.15. The van der Waals surface area contributed by atoms with E-state index in [0.29, 0.717) is 0 Å². The normalized spacial score (nSPS) is 11.8. The quantitative estimate of drug-likeness (QED) is 0.206. The van der Waals surface area contributed by atoms with Crippen LogP contribution in [0.3, 0.4) is 0 Å². The van der Waals surface area contributed by atoms with Crippen LogP contribution in [-0.2, 0) is 0 Å². The molecule has 0 N–H and O–H groups in total. The summed E-state index contributed by atoms with van der Waals surface area (Å²) < 4.78 is 13.5. The SMILES string of the molecule is Ic1c(-c2cccc3oc4ccccc4c23)cccc1-c1cccc2oc3ccccc3c12. The van der Waals surface area contributed by atoms with Gasteiger partial charge in [-0.2, -0.15) is 0 Å². The minimum absolute atomic E-state index is 0.915. The molecule has 0 aliphatic carbocycles. The lowest BCUT2D eigenvalue weighted by Crippen LogP contribution is -1.89. The lowest BCUT2D eigenvalue weighted by molar-refractivity contribution is 0.668. The van der Waals surface area contributed by atoms with Crippen LogP contribution in [0.4, 0.5) is 0 Å². The van der Waals surface area contributed by atoms with E-state index in [1.54, 1.807) is 0 Å².